The molecular weight excluding hydrogens is 425 g/mol. The SMILES string of the molecule is Cc1cc(F)c(N)cc1-c1cc(OCCO[Si](C)(C)C(C)(C)C)nc(N2CCOCC2)c1. The van der Waals surface area contributed by atoms with E-state index in [1.165, 1.54) is 6.07 Å². The third kappa shape index (κ3) is 5.79. The van der Waals surface area contributed by atoms with Crippen molar-refractivity contribution in [3.8, 4) is 17.0 Å². The normalized spacial score (nSPS) is 15.2. The molecule has 0 aliphatic carbocycles. The summed E-state index contributed by atoms with van der Waals surface area (Å²) < 4.78 is 31.6. The minimum absolute atomic E-state index is 0.126. The number of nitrogen functional groups attached to an aromatic ring is 1. The van der Waals surface area contributed by atoms with Crippen LogP contribution in [0.15, 0.2) is 24.3 Å². The number of hydrogen-bond acceptors (Lipinski definition) is 6. The molecule has 1 fully saturated rings. The van der Waals surface area contributed by atoms with Crippen LogP contribution in [0.2, 0.25) is 18.1 Å². The van der Waals surface area contributed by atoms with E-state index in [0.29, 0.717) is 32.3 Å². The molecule has 2 heterocycles. The largest absolute Gasteiger partial charge is 0.475 e. The number of nitrogens with zero attached hydrogens (tertiary/aromatic N) is 2. The number of benzene rings is 1. The van der Waals surface area contributed by atoms with Gasteiger partial charge < -0.3 is 24.5 Å². The van der Waals surface area contributed by atoms with Crippen molar-refractivity contribution in [3.05, 3.63) is 35.6 Å². The summed E-state index contributed by atoms with van der Waals surface area (Å²) in [4.78, 5) is 6.91. The Labute approximate surface area is 192 Å². The zero-order chi connectivity index (χ0) is 23.5. The molecule has 0 atom stereocenters. The standard InChI is InChI=1S/C24H36FN3O3Si/c1-17-13-20(25)21(26)16-19(17)18-14-22(28-7-9-29-10-8-28)27-23(15-18)30-11-12-31-32(5,6)24(2,3)4/h13-16H,7-12,26H2,1-6H3. The first-order valence-corrected chi connectivity index (χ1v) is 14.1. The summed E-state index contributed by atoms with van der Waals surface area (Å²) in [6.45, 7) is 16.7. The predicted molar refractivity (Wildman–Crippen MR) is 130 cm³/mol. The highest BCUT2D eigenvalue weighted by atomic mass is 28.4. The zero-order valence-corrected chi connectivity index (χ0v) is 21.1. The van der Waals surface area contributed by atoms with Crippen LogP contribution >= 0.6 is 0 Å². The smallest absolute Gasteiger partial charge is 0.215 e. The average molecular weight is 462 g/mol. The molecule has 0 unspecified atom stereocenters. The number of anilines is 2. The Morgan fingerprint density at radius 2 is 1.81 bits per heavy atom. The van der Waals surface area contributed by atoms with Crippen LogP contribution in [0.3, 0.4) is 0 Å². The van der Waals surface area contributed by atoms with Crippen molar-refractivity contribution in [2.24, 2.45) is 0 Å². The first-order valence-electron chi connectivity index (χ1n) is 11.2. The van der Waals surface area contributed by atoms with Gasteiger partial charge in [-0.15, -0.1) is 0 Å². The van der Waals surface area contributed by atoms with Gasteiger partial charge in [0, 0.05) is 19.2 Å². The van der Waals surface area contributed by atoms with Gasteiger partial charge >= 0.3 is 0 Å². The molecule has 2 N–H and O–H groups in total. The van der Waals surface area contributed by atoms with E-state index in [0.717, 1.165) is 35.6 Å². The van der Waals surface area contributed by atoms with Crippen molar-refractivity contribution in [2.75, 3.05) is 50.2 Å². The van der Waals surface area contributed by atoms with E-state index in [2.05, 4.69) is 38.8 Å². The summed E-state index contributed by atoms with van der Waals surface area (Å²) >= 11 is 0. The van der Waals surface area contributed by atoms with E-state index in [1.54, 1.807) is 6.07 Å². The fourth-order valence-electron chi connectivity index (χ4n) is 3.34. The van der Waals surface area contributed by atoms with Crippen LogP contribution in [-0.4, -0.2) is 52.8 Å². The second-order valence-corrected chi connectivity index (χ2v) is 14.6. The molecule has 0 amide bonds. The van der Waals surface area contributed by atoms with Crippen molar-refractivity contribution < 1.29 is 18.3 Å². The van der Waals surface area contributed by atoms with Crippen LogP contribution in [0.25, 0.3) is 11.1 Å². The Morgan fingerprint density at radius 1 is 1.12 bits per heavy atom. The van der Waals surface area contributed by atoms with E-state index >= 15 is 0 Å². The number of halogens is 1. The molecule has 0 radical (unpaired) electrons. The Balaban J connectivity index is 1.84. The van der Waals surface area contributed by atoms with Crippen molar-refractivity contribution in [1.29, 1.82) is 0 Å². The van der Waals surface area contributed by atoms with E-state index < -0.39 is 14.1 Å². The summed E-state index contributed by atoms with van der Waals surface area (Å²) in [5.41, 5.74) is 8.55. The van der Waals surface area contributed by atoms with E-state index in [9.17, 15) is 4.39 Å². The molecule has 1 aliphatic rings. The van der Waals surface area contributed by atoms with Gasteiger partial charge in [0.15, 0.2) is 8.32 Å². The third-order valence-electron chi connectivity index (χ3n) is 6.38. The molecule has 2 aromatic rings. The van der Waals surface area contributed by atoms with Gasteiger partial charge in [-0.1, -0.05) is 20.8 Å². The molecule has 1 aliphatic heterocycles. The molecule has 1 aromatic carbocycles. The number of aromatic nitrogens is 1. The maximum absolute atomic E-state index is 13.9. The van der Waals surface area contributed by atoms with Gasteiger partial charge in [-0.25, -0.2) is 4.39 Å². The maximum atomic E-state index is 13.9. The lowest BCUT2D eigenvalue weighted by molar-refractivity contribution is 0.122. The second-order valence-electron chi connectivity index (χ2n) is 9.80. The van der Waals surface area contributed by atoms with Crippen LogP contribution in [0, 0.1) is 12.7 Å². The Bertz CT molecular complexity index is 941. The minimum atomic E-state index is -1.84. The molecule has 0 saturated carbocycles. The number of hydrogen-bond donors (Lipinski definition) is 1. The third-order valence-corrected chi connectivity index (χ3v) is 10.9. The molecule has 6 nitrogen and oxygen atoms in total. The highest BCUT2D eigenvalue weighted by Gasteiger charge is 2.36. The fraction of sp³-hybridized carbons (Fsp3) is 0.542. The Kier molecular flexibility index (Phi) is 7.47. The molecule has 8 heteroatoms. The lowest BCUT2D eigenvalue weighted by atomic mass is 10.00. The number of pyridine rings is 1. The molecule has 32 heavy (non-hydrogen) atoms. The van der Waals surface area contributed by atoms with Crippen LogP contribution < -0.4 is 15.4 Å². The zero-order valence-electron chi connectivity index (χ0n) is 20.1. The van der Waals surface area contributed by atoms with Crippen LogP contribution in [0.5, 0.6) is 5.88 Å². The van der Waals surface area contributed by atoms with Gasteiger partial charge in [0.05, 0.1) is 25.5 Å². The first-order chi connectivity index (χ1) is 15.0. The van der Waals surface area contributed by atoms with E-state index in [-0.39, 0.29) is 10.7 Å². The van der Waals surface area contributed by atoms with E-state index in [4.69, 9.17) is 24.6 Å². The number of rotatable bonds is 7. The van der Waals surface area contributed by atoms with Crippen molar-refractivity contribution >= 4 is 19.8 Å². The van der Waals surface area contributed by atoms with Gasteiger partial charge in [0.2, 0.25) is 5.88 Å². The topological polar surface area (TPSA) is 69.8 Å². The summed E-state index contributed by atoms with van der Waals surface area (Å²) in [6.07, 6.45) is 0. The molecule has 1 aromatic heterocycles. The highest BCUT2D eigenvalue weighted by Crippen LogP contribution is 2.36. The second kappa shape index (κ2) is 9.76. The van der Waals surface area contributed by atoms with Crippen LogP contribution in [0.4, 0.5) is 15.9 Å². The summed E-state index contributed by atoms with van der Waals surface area (Å²) in [6, 6.07) is 7.03. The monoisotopic (exact) mass is 461 g/mol. The van der Waals surface area contributed by atoms with Gasteiger partial charge in [0.25, 0.3) is 0 Å². The minimum Gasteiger partial charge on any atom is -0.475 e. The lowest BCUT2D eigenvalue weighted by Gasteiger charge is -2.36. The highest BCUT2D eigenvalue weighted by molar-refractivity contribution is 6.74. The maximum Gasteiger partial charge on any atom is 0.215 e. The Hall–Kier alpha value is -2.16. The summed E-state index contributed by atoms with van der Waals surface area (Å²) in [7, 11) is -1.84. The number of ether oxygens (including phenoxy) is 2. The first kappa shape index (κ1) is 24.5. The summed E-state index contributed by atoms with van der Waals surface area (Å²) in [5.74, 6) is 0.923. The van der Waals surface area contributed by atoms with Crippen molar-refractivity contribution in [3.63, 3.8) is 0 Å². The number of aryl methyl sites for hydroxylation is 1. The van der Waals surface area contributed by atoms with Gasteiger partial charge in [0.1, 0.15) is 18.2 Å². The number of morpholine rings is 1. The van der Waals surface area contributed by atoms with Crippen molar-refractivity contribution in [1.82, 2.24) is 4.98 Å². The van der Waals surface area contributed by atoms with Gasteiger partial charge in [-0.05, 0) is 59.9 Å². The average Bonchev–Trinajstić information content (AvgIpc) is 2.73. The molecule has 0 bridgehead atoms. The fourth-order valence-corrected chi connectivity index (χ4v) is 4.36. The molecular formula is C24H36FN3O3Si. The summed E-state index contributed by atoms with van der Waals surface area (Å²) in [5, 5.41) is 0.148. The molecule has 3 rings (SSSR count). The van der Waals surface area contributed by atoms with E-state index in [1.807, 2.05) is 19.1 Å². The molecule has 1 saturated heterocycles. The quantitative estimate of drug-likeness (QED) is 0.355. The molecule has 176 valence electrons. The lowest BCUT2D eigenvalue weighted by Crippen LogP contribution is -2.41. The van der Waals surface area contributed by atoms with Crippen LogP contribution in [0.1, 0.15) is 26.3 Å². The van der Waals surface area contributed by atoms with Crippen LogP contribution in [-0.2, 0) is 9.16 Å². The van der Waals surface area contributed by atoms with Crippen molar-refractivity contribution in [2.45, 2.75) is 45.8 Å². The Morgan fingerprint density at radius 3 is 2.47 bits per heavy atom. The molecule has 0 spiro atoms. The number of nitrogens with two attached hydrogens (primary N) is 1. The van der Waals surface area contributed by atoms with Gasteiger partial charge in [-0.2, -0.15) is 4.98 Å². The predicted octanol–water partition coefficient (Wildman–Crippen LogP) is 5.02. The van der Waals surface area contributed by atoms with Gasteiger partial charge in [-0.3, -0.25) is 0 Å².